The second kappa shape index (κ2) is 8.97. The molecule has 4 nitrogen and oxygen atoms in total. The van der Waals surface area contributed by atoms with Crippen molar-refractivity contribution in [3.63, 3.8) is 0 Å². The van der Waals surface area contributed by atoms with Crippen LogP contribution in [0, 0.1) is 6.92 Å². The second-order valence-corrected chi connectivity index (χ2v) is 6.49. The maximum atomic E-state index is 6.09. The maximum absolute atomic E-state index is 6.09. The summed E-state index contributed by atoms with van der Waals surface area (Å²) in [6.07, 6.45) is 3.02. The summed E-state index contributed by atoms with van der Waals surface area (Å²) in [4.78, 5) is 4.85. The van der Waals surface area contributed by atoms with Gasteiger partial charge in [0.15, 0.2) is 0 Å². The molecule has 0 aliphatic carbocycles. The lowest BCUT2D eigenvalue weighted by atomic mass is 10.0. The van der Waals surface area contributed by atoms with Crippen molar-refractivity contribution in [2.24, 2.45) is 0 Å². The lowest BCUT2D eigenvalue weighted by molar-refractivity contribution is 0.132. The number of fused-ring (bicyclic) bond motifs is 1. The van der Waals surface area contributed by atoms with Crippen molar-refractivity contribution in [3.8, 4) is 5.75 Å². The monoisotopic (exact) mass is 340 g/mol. The number of unbranched alkanes of at least 4 members (excludes halogenated alkanes) is 1. The first kappa shape index (κ1) is 17.9. The van der Waals surface area contributed by atoms with E-state index in [1.54, 1.807) is 0 Å². The van der Waals surface area contributed by atoms with Crippen LogP contribution < -0.4 is 10.1 Å². The van der Waals surface area contributed by atoms with E-state index in [-0.39, 0.29) is 0 Å². The molecule has 1 aromatic carbocycles. The molecule has 134 valence electrons. The van der Waals surface area contributed by atoms with E-state index in [0.29, 0.717) is 13.2 Å². The van der Waals surface area contributed by atoms with E-state index in [1.807, 2.05) is 13.0 Å². The number of hydrogen-bond donors (Lipinski definition) is 1. The summed E-state index contributed by atoms with van der Waals surface area (Å²) in [6, 6.07) is 10.5. The van der Waals surface area contributed by atoms with E-state index in [9.17, 15) is 0 Å². The van der Waals surface area contributed by atoms with E-state index in [2.05, 4.69) is 36.5 Å². The molecule has 4 heteroatoms. The zero-order valence-corrected chi connectivity index (χ0v) is 15.3. The average Bonchev–Trinajstić information content (AvgIpc) is 3.11. The van der Waals surface area contributed by atoms with Crippen LogP contribution in [0.25, 0.3) is 0 Å². The topological polar surface area (TPSA) is 43.4 Å². The fraction of sp³-hybridized carbons (Fsp3) is 0.476. The Bertz CT molecular complexity index is 686. The lowest BCUT2D eigenvalue weighted by Gasteiger charge is -2.15. The minimum absolute atomic E-state index is 0.632. The molecule has 0 bridgehead atoms. The van der Waals surface area contributed by atoms with Gasteiger partial charge < -0.3 is 14.8 Å². The Labute approximate surface area is 150 Å². The van der Waals surface area contributed by atoms with Gasteiger partial charge in [-0.3, -0.25) is 4.98 Å². The number of benzene rings is 1. The molecule has 1 aromatic heterocycles. The normalized spacial score (nSPS) is 13.0. The minimum atomic E-state index is 0.632. The Morgan fingerprint density at radius 1 is 1.12 bits per heavy atom. The van der Waals surface area contributed by atoms with Crippen LogP contribution in [0.1, 0.15) is 47.8 Å². The molecule has 0 unspecified atom stereocenters. The summed E-state index contributed by atoms with van der Waals surface area (Å²) in [5.41, 5.74) is 5.79. The van der Waals surface area contributed by atoms with E-state index in [4.69, 9.17) is 14.5 Å². The fourth-order valence-electron chi connectivity index (χ4n) is 3.26. The number of nitrogens with one attached hydrogen (secondary N) is 1. The van der Waals surface area contributed by atoms with Gasteiger partial charge in [-0.1, -0.05) is 37.3 Å². The predicted molar refractivity (Wildman–Crippen MR) is 100.0 cm³/mol. The highest BCUT2D eigenvalue weighted by Crippen LogP contribution is 2.34. The lowest BCUT2D eigenvalue weighted by Crippen LogP contribution is -2.15. The van der Waals surface area contributed by atoms with Crippen LogP contribution in [-0.2, 0) is 24.4 Å². The number of rotatable bonds is 9. The van der Waals surface area contributed by atoms with Crippen LogP contribution in [0.4, 0.5) is 0 Å². The van der Waals surface area contributed by atoms with Crippen LogP contribution in [-0.4, -0.2) is 24.7 Å². The van der Waals surface area contributed by atoms with Crippen LogP contribution in [0.5, 0.6) is 5.75 Å². The number of hydrogen-bond acceptors (Lipinski definition) is 4. The molecule has 0 radical (unpaired) electrons. The summed E-state index contributed by atoms with van der Waals surface area (Å²) in [5, 5.41) is 3.34. The number of aromatic nitrogens is 1. The molecule has 0 atom stereocenters. The zero-order chi connectivity index (χ0) is 17.5. The van der Waals surface area contributed by atoms with Crippen molar-refractivity contribution < 1.29 is 9.47 Å². The number of pyridine rings is 1. The highest BCUT2D eigenvalue weighted by Gasteiger charge is 2.23. The van der Waals surface area contributed by atoms with Crippen molar-refractivity contribution >= 4 is 0 Å². The highest BCUT2D eigenvalue weighted by atomic mass is 16.5. The molecule has 1 aliphatic heterocycles. The number of ether oxygens (including phenoxy) is 2. The smallest absolute Gasteiger partial charge is 0.146 e. The van der Waals surface area contributed by atoms with Crippen molar-refractivity contribution in [2.45, 2.75) is 46.3 Å². The molecule has 0 saturated heterocycles. The van der Waals surface area contributed by atoms with E-state index >= 15 is 0 Å². The van der Waals surface area contributed by atoms with Gasteiger partial charge in [-0.15, -0.1) is 0 Å². The van der Waals surface area contributed by atoms with Gasteiger partial charge in [0.1, 0.15) is 5.75 Å². The molecular weight excluding hydrogens is 312 g/mol. The Morgan fingerprint density at radius 2 is 1.92 bits per heavy atom. The Balaban J connectivity index is 1.70. The molecule has 0 saturated carbocycles. The molecule has 0 amide bonds. The molecule has 0 fully saturated rings. The maximum Gasteiger partial charge on any atom is 0.146 e. The SMILES string of the molecule is CCNCCCCOc1c(C)nc(Cc2ccccc2)c2c1COC2. The molecule has 25 heavy (non-hydrogen) atoms. The number of aryl methyl sites for hydroxylation is 1. The predicted octanol–water partition coefficient (Wildman–Crippen LogP) is 3.78. The van der Waals surface area contributed by atoms with Gasteiger partial charge in [-0.25, -0.2) is 0 Å². The van der Waals surface area contributed by atoms with E-state index in [0.717, 1.165) is 56.1 Å². The van der Waals surface area contributed by atoms with Gasteiger partial charge in [0.2, 0.25) is 0 Å². The van der Waals surface area contributed by atoms with Gasteiger partial charge in [0.05, 0.1) is 31.2 Å². The molecule has 2 heterocycles. The van der Waals surface area contributed by atoms with Crippen molar-refractivity contribution in [3.05, 3.63) is 58.4 Å². The molecule has 0 spiro atoms. The molecule has 3 rings (SSSR count). The van der Waals surface area contributed by atoms with Gasteiger partial charge >= 0.3 is 0 Å². The fourth-order valence-corrected chi connectivity index (χ4v) is 3.26. The van der Waals surface area contributed by atoms with Crippen molar-refractivity contribution in [1.29, 1.82) is 0 Å². The summed E-state index contributed by atoms with van der Waals surface area (Å²) in [6.45, 7) is 8.26. The van der Waals surface area contributed by atoms with E-state index < -0.39 is 0 Å². The Hall–Kier alpha value is -1.91. The van der Waals surface area contributed by atoms with Gasteiger partial charge in [0.25, 0.3) is 0 Å². The van der Waals surface area contributed by atoms with Crippen LogP contribution in [0.3, 0.4) is 0 Å². The first-order valence-electron chi connectivity index (χ1n) is 9.26. The highest BCUT2D eigenvalue weighted by molar-refractivity contribution is 5.47. The first-order valence-corrected chi connectivity index (χ1v) is 9.26. The quantitative estimate of drug-likeness (QED) is 0.706. The third kappa shape index (κ3) is 4.59. The molecule has 1 N–H and O–H groups in total. The second-order valence-electron chi connectivity index (χ2n) is 6.49. The molecule has 2 aromatic rings. The summed E-state index contributed by atoms with van der Waals surface area (Å²) in [5.74, 6) is 0.938. The molecule has 1 aliphatic rings. The summed E-state index contributed by atoms with van der Waals surface area (Å²) in [7, 11) is 0. The van der Waals surface area contributed by atoms with Crippen molar-refractivity contribution in [1.82, 2.24) is 10.3 Å². The number of nitrogens with zero attached hydrogens (tertiary/aromatic N) is 1. The summed E-state index contributed by atoms with van der Waals surface area (Å²) < 4.78 is 11.8. The standard InChI is InChI=1S/C21H28N2O2/c1-3-22-11-7-8-12-25-21-16(2)23-20(18-14-24-15-19(18)21)13-17-9-5-4-6-10-17/h4-6,9-10,22H,3,7-8,11-15H2,1-2H3. The first-order chi connectivity index (χ1) is 12.3. The zero-order valence-electron chi connectivity index (χ0n) is 15.3. The van der Waals surface area contributed by atoms with Crippen molar-refractivity contribution in [2.75, 3.05) is 19.7 Å². The van der Waals surface area contributed by atoms with Crippen LogP contribution in [0.2, 0.25) is 0 Å². The molecular formula is C21H28N2O2. The van der Waals surface area contributed by atoms with Gasteiger partial charge in [-0.05, 0) is 38.4 Å². The van der Waals surface area contributed by atoms with Gasteiger partial charge in [-0.2, -0.15) is 0 Å². The van der Waals surface area contributed by atoms with Crippen LogP contribution in [0.15, 0.2) is 30.3 Å². The third-order valence-corrected chi connectivity index (χ3v) is 4.57. The minimum Gasteiger partial charge on any atom is -0.491 e. The Morgan fingerprint density at radius 3 is 2.72 bits per heavy atom. The average molecular weight is 340 g/mol. The van der Waals surface area contributed by atoms with E-state index in [1.165, 1.54) is 16.7 Å². The van der Waals surface area contributed by atoms with Gasteiger partial charge in [0, 0.05) is 17.5 Å². The van der Waals surface area contributed by atoms with Crippen LogP contribution >= 0.6 is 0 Å². The third-order valence-electron chi connectivity index (χ3n) is 4.57. The Kier molecular flexibility index (Phi) is 6.42. The summed E-state index contributed by atoms with van der Waals surface area (Å²) >= 11 is 0. The largest absolute Gasteiger partial charge is 0.491 e.